The highest BCUT2D eigenvalue weighted by Crippen LogP contribution is 2.66. The molecule has 180 valence electrons. The summed E-state index contributed by atoms with van der Waals surface area (Å²) in [6.07, 6.45) is 9.24. The average Bonchev–Trinajstić information content (AvgIpc) is 3.12. The number of ether oxygens (including phenoxy) is 1. The Morgan fingerprint density at radius 1 is 1.00 bits per heavy atom. The van der Waals surface area contributed by atoms with E-state index in [1.54, 1.807) is 12.1 Å². The van der Waals surface area contributed by atoms with E-state index in [1.165, 1.54) is 50.7 Å². The quantitative estimate of drug-likeness (QED) is 0.337. The molecule has 4 fully saturated rings. The number of amides is 1. The topological polar surface area (TPSA) is 69.4 Å². The molecule has 6 heteroatoms. The Kier molecular flexibility index (Phi) is 5.39. The first-order valence-electron chi connectivity index (χ1n) is 12.8. The minimum absolute atomic E-state index is 0.101. The number of carbonyl (C=O) groups excluding carboxylic acids is 1. The standard InChI is InChI=1S/C27H39N2O4/c1-26-15-13-23-21(10-12-24-27(23,2)16-14-25(30)29(24,3)4)22(26)11-5-18(26)17-33-20-8-6-19(7-9-20)28(31)32/h6-9,18,21-24H,5,10-17H2,1-4H3/q+1/t18?,21-,22-,23-,24+,26+,27+/m0/s1. The van der Waals surface area contributed by atoms with Crippen molar-refractivity contribution < 1.29 is 18.9 Å². The monoisotopic (exact) mass is 455 g/mol. The zero-order valence-electron chi connectivity index (χ0n) is 20.6. The lowest BCUT2D eigenvalue weighted by molar-refractivity contribution is -0.857. The third-order valence-electron chi connectivity index (χ3n) is 10.8. The maximum absolute atomic E-state index is 12.7. The summed E-state index contributed by atoms with van der Waals surface area (Å²) in [7, 11) is 4.30. The van der Waals surface area contributed by atoms with Gasteiger partial charge in [0.1, 0.15) is 11.8 Å². The average molecular weight is 456 g/mol. The molecule has 33 heavy (non-hydrogen) atoms. The van der Waals surface area contributed by atoms with Gasteiger partial charge in [-0.2, -0.15) is 0 Å². The molecular weight excluding hydrogens is 416 g/mol. The van der Waals surface area contributed by atoms with Crippen molar-refractivity contribution in [3.8, 4) is 5.75 Å². The second-order valence-corrected chi connectivity index (χ2v) is 12.3. The molecule has 1 aromatic rings. The van der Waals surface area contributed by atoms with Crippen molar-refractivity contribution in [3.63, 3.8) is 0 Å². The number of nitrogens with zero attached hydrogens (tertiary/aromatic N) is 2. The number of quaternary nitrogens is 1. The summed E-state index contributed by atoms with van der Waals surface area (Å²) in [6, 6.07) is 6.95. The highest BCUT2D eigenvalue weighted by atomic mass is 16.6. The van der Waals surface area contributed by atoms with Crippen LogP contribution in [0.5, 0.6) is 5.75 Å². The molecule has 0 spiro atoms. The van der Waals surface area contributed by atoms with Gasteiger partial charge in [0.25, 0.3) is 5.69 Å². The number of nitro benzene ring substituents is 1. The van der Waals surface area contributed by atoms with Gasteiger partial charge in [0.2, 0.25) is 0 Å². The molecule has 1 amide bonds. The van der Waals surface area contributed by atoms with Crippen molar-refractivity contribution in [3.05, 3.63) is 34.4 Å². The molecule has 1 saturated heterocycles. The Morgan fingerprint density at radius 2 is 1.70 bits per heavy atom. The number of hydrogen-bond acceptors (Lipinski definition) is 4. The Morgan fingerprint density at radius 3 is 2.39 bits per heavy atom. The molecule has 7 atom stereocenters. The van der Waals surface area contributed by atoms with Gasteiger partial charge in [-0.05, 0) is 79.7 Å². The summed E-state index contributed by atoms with van der Waals surface area (Å²) < 4.78 is 6.73. The Balaban J connectivity index is 1.30. The van der Waals surface area contributed by atoms with E-state index in [0.29, 0.717) is 34.4 Å². The van der Waals surface area contributed by atoms with Crippen LogP contribution in [0.15, 0.2) is 24.3 Å². The summed E-state index contributed by atoms with van der Waals surface area (Å²) in [4.78, 5) is 23.2. The number of non-ortho nitro benzene ring substituents is 1. The molecule has 1 heterocycles. The molecule has 0 aromatic heterocycles. The summed E-state index contributed by atoms with van der Waals surface area (Å²) >= 11 is 0. The van der Waals surface area contributed by atoms with Gasteiger partial charge in [-0.1, -0.05) is 13.8 Å². The fourth-order valence-corrected chi connectivity index (χ4v) is 8.93. The maximum Gasteiger partial charge on any atom is 0.313 e. The SMILES string of the molecule is C[C@]12CCC(=O)[N+](C)(C)[C@@H]1CC[C@@H]1[C@@H]2CC[C@]2(C)C(COc3ccc([N+](=O)[O-])cc3)CC[C@@H]12. The van der Waals surface area contributed by atoms with E-state index in [9.17, 15) is 14.9 Å². The van der Waals surface area contributed by atoms with E-state index in [2.05, 4.69) is 27.9 Å². The number of benzene rings is 1. The fourth-order valence-electron chi connectivity index (χ4n) is 8.93. The number of nitro groups is 1. The second kappa shape index (κ2) is 7.79. The van der Waals surface area contributed by atoms with Crippen LogP contribution < -0.4 is 4.74 Å². The molecule has 0 N–H and O–H groups in total. The summed E-state index contributed by atoms with van der Waals surface area (Å²) in [5.74, 6) is 3.91. The second-order valence-electron chi connectivity index (χ2n) is 12.3. The Bertz CT molecular complexity index is 944. The molecule has 1 aromatic carbocycles. The van der Waals surface area contributed by atoms with E-state index >= 15 is 0 Å². The van der Waals surface area contributed by atoms with Gasteiger partial charge in [-0.25, -0.2) is 4.79 Å². The van der Waals surface area contributed by atoms with Crippen LogP contribution in [0.2, 0.25) is 0 Å². The van der Waals surface area contributed by atoms with Crippen LogP contribution in [0.4, 0.5) is 5.69 Å². The van der Waals surface area contributed by atoms with Gasteiger partial charge in [-0.3, -0.25) is 14.6 Å². The van der Waals surface area contributed by atoms with Crippen molar-refractivity contribution in [2.45, 2.75) is 71.3 Å². The van der Waals surface area contributed by atoms with Gasteiger partial charge < -0.3 is 4.74 Å². The first-order chi connectivity index (χ1) is 15.6. The Labute approximate surface area is 197 Å². The lowest BCUT2D eigenvalue weighted by atomic mass is 9.46. The molecule has 5 rings (SSSR count). The highest BCUT2D eigenvalue weighted by molar-refractivity contribution is 5.70. The van der Waals surface area contributed by atoms with Crippen LogP contribution in [0.3, 0.4) is 0 Å². The van der Waals surface area contributed by atoms with Crippen LogP contribution in [-0.4, -0.2) is 42.1 Å². The highest BCUT2D eigenvalue weighted by Gasteiger charge is 2.64. The van der Waals surface area contributed by atoms with E-state index in [4.69, 9.17) is 4.74 Å². The lowest BCUT2D eigenvalue weighted by Gasteiger charge is -2.62. The minimum Gasteiger partial charge on any atom is -0.493 e. The fraction of sp³-hybridized carbons (Fsp3) is 0.741. The van der Waals surface area contributed by atoms with Crippen LogP contribution in [0.25, 0.3) is 0 Å². The molecule has 3 saturated carbocycles. The normalized spacial score (nSPS) is 41.6. The maximum atomic E-state index is 12.7. The first-order valence-corrected chi connectivity index (χ1v) is 12.8. The molecule has 4 aliphatic rings. The van der Waals surface area contributed by atoms with Gasteiger partial charge >= 0.3 is 5.91 Å². The number of piperidine rings is 1. The van der Waals surface area contributed by atoms with Crippen molar-refractivity contribution in [2.75, 3.05) is 20.7 Å². The van der Waals surface area contributed by atoms with Crippen LogP contribution >= 0.6 is 0 Å². The number of carbonyl (C=O) groups is 1. The molecule has 0 bridgehead atoms. The van der Waals surface area contributed by atoms with Crippen LogP contribution in [0, 0.1) is 44.6 Å². The first kappa shape index (κ1) is 22.8. The van der Waals surface area contributed by atoms with Crippen molar-refractivity contribution in [2.24, 2.45) is 34.5 Å². The third-order valence-corrected chi connectivity index (χ3v) is 10.8. The van der Waals surface area contributed by atoms with E-state index in [0.717, 1.165) is 36.3 Å². The predicted molar refractivity (Wildman–Crippen MR) is 127 cm³/mol. The number of hydrogen-bond donors (Lipinski definition) is 0. The molecular formula is C27H39N2O4+. The van der Waals surface area contributed by atoms with Crippen molar-refractivity contribution in [1.29, 1.82) is 0 Å². The van der Waals surface area contributed by atoms with Crippen LogP contribution in [-0.2, 0) is 4.79 Å². The van der Waals surface area contributed by atoms with Crippen molar-refractivity contribution >= 4 is 11.6 Å². The number of rotatable bonds is 4. The van der Waals surface area contributed by atoms with E-state index < -0.39 is 0 Å². The van der Waals surface area contributed by atoms with E-state index in [1.807, 2.05) is 0 Å². The zero-order valence-corrected chi connectivity index (χ0v) is 20.6. The lowest BCUT2D eigenvalue weighted by Crippen LogP contribution is -2.68. The molecule has 6 nitrogen and oxygen atoms in total. The molecule has 1 aliphatic heterocycles. The van der Waals surface area contributed by atoms with Gasteiger partial charge in [0, 0.05) is 24.0 Å². The number of fused-ring (bicyclic) bond motifs is 5. The number of likely N-dealkylation sites (tertiary alicyclic amines) is 1. The van der Waals surface area contributed by atoms with Gasteiger partial charge in [0.15, 0.2) is 0 Å². The zero-order chi connectivity index (χ0) is 23.6. The molecule has 0 radical (unpaired) electrons. The predicted octanol–water partition coefficient (Wildman–Crippen LogP) is 5.60. The summed E-state index contributed by atoms with van der Waals surface area (Å²) in [5, 5.41) is 10.9. The Hall–Kier alpha value is -1.95. The third kappa shape index (κ3) is 3.43. The molecule has 3 aliphatic carbocycles. The van der Waals surface area contributed by atoms with Gasteiger partial charge in [0.05, 0.1) is 32.0 Å². The van der Waals surface area contributed by atoms with E-state index in [-0.39, 0.29) is 16.0 Å². The van der Waals surface area contributed by atoms with Gasteiger partial charge in [-0.15, -0.1) is 0 Å². The molecule has 1 unspecified atom stereocenters. The van der Waals surface area contributed by atoms with Crippen LogP contribution in [0.1, 0.15) is 65.2 Å². The smallest absolute Gasteiger partial charge is 0.313 e. The summed E-state index contributed by atoms with van der Waals surface area (Å²) in [6.45, 7) is 5.71. The van der Waals surface area contributed by atoms with Crippen molar-refractivity contribution in [1.82, 2.24) is 0 Å². The summed E-state index contributed by atoms with van der Waals surface area (Å²) in [5.41, 5.74) is 0.679. The minimum atomic E-state index is -0.373. The largest absolute Gasteiger partial charge is 0.493 e.